The second kappa shape index (κ2) is 6.79. The molecule has 1 rings (SSSR count). The van der Waals surface area contributed by atoms with Crippen molar-refractivity contribution in [1.82, 2.24) is 0 Å². The molecule has 0 aliphatic rings. The molecule has 4 heteroatoms. The van der Waals surface area contributed by atoms with Gasteiger partial charge in [-0.15, -0.1) is 0 Å². The number of methoxy groups -OCH3 is 1. The summed E-state index contributed by atoms with van der Waals surface area (Å²) in [5.74, 6) is 0.0637. The van der Waals surface area contributed by atoms with Gasteiger partial charge >= 0.3 is 0 Å². The number of nitrogens with zero attached hydrogens (tertiary/aromatic N) is 2. The number of hydrogen-bond donors (Lipinski definition) is 0. The Morgan fingerprint density at radius 3 is 2.63 bits per heavy atom. The fraction of sp³-hybridized carbons (Fsp3) is 0.467. The van der Waals surface area contributed by atoms with Crippen molar-refractivity contribution in [1.29, 1.82) is 5.26 Å². The molecule has 0 bridgehead atoms. The largest absolute Gasteiger partial charge is 0.496 e. The molecule has 0 aliphatic carbocycles. The highest BCUT2D eigenvalue weighted by atomic mass is 16.5. The third-order valence-corrected chi connectivity index (χ3v) is 3.22. The molecule has 0 spiro atoms. The molecule has 0 fully saturated rings. The number of carbonyl (C=O) groups excluding carboxylic acids is 1. The summed E-state index contributed by atoms with van der Waals surface area (Å²) in [6.45, 7) is 3.87. The van der Waals surface area contributed by atoms with Crippen molar-refractivity contribution in [2.24, 2.45) is 5.92 Å². The Hall–Kier alpha value is -2.02. The zero-order valence-corrected chi connectivity index (χ0v) is 11.9. The molecule has 0 aliphatic heterocycles. The SMILES string of the molecule is CCc1cc(N(C)C(=O)C(C#N)CC)ccc1OC. The van der Waals surface area contributed by atoms with Crippen molar-refractivity contribution >= 4 is 11.6 Å². The van der Waals surface area contributed by atoms with Crippen LogP contribution in [0.3, 0.4) is 0 Å². The summed E-state index contributed by atoms with van der Waals surface area (Å²) in [7, 11) is 3.33. The molecule has 1 amide bonds. The van der Waals surface area contributed by atoms with E-state index in [1.807, 2.05) is 38.1 Å². The van der Waals surface area contributed by atoms with E-state index in [-0.39, 0.29) is 5.91 Å². The van der Waals surface area contributed by atoms with E-state index < -0.39 is 5.92 Å². The molecule has 1 aromatic carbocycles. The smallest absolute Gasteiger partial charge is 0.244 e. The van der Waals surface area contributed by atoms with Gasteiger partial charge in [0.2, 0.25) is 5.91 Å². The summed E-state index contributed by atoms with van der Waals surface area (Å²) in [6, 6.07) is 7.65. The van der Waals surface area contributed by atoms with Crippen LogP contribution in [0.2, 0.25) is 0 Å². The van der Waals surface area contributed by atoms with Crippen LogP contribution < -0.4 is 9.64 Å². The fourth-order valence-electron chi connectivity index (χ4n) is 1.93. The molecule has 1 unspecified atom stereocenters. The lowest BCUT2D eigenvalue weighted by atomic mass is 10.1. The standard InChI is InChI=1S/C15H20N2O2/c1-5-11-9-13(7-8-14(11)19-4)17(3)15(18)12(6-2)10-16/h7-9,12H,5-6H2,1-4H3. The number of hydrogen-bond acceptors (Lipinski definition) is 3. The van der Waals surface area contributed by atoms with Crippen molar-refractivity contribution in [2.45, 2.75) is 26.7 Å². The Morgan fingerprint density at radius 2 is 2.16 bits per heavy atom. The summed E-state index contributed by atoms with van der Waals surface area (Å²) in [5.41, 5.74) is 1.83. The average molecular weight is 260 g/mol. The second-order valence-corrected chi connectivity index (χ2v) is 4.34. The van der Waals surface area contributed by atoms with Crippen molar-refractivity contribution in [3.05, 3.63) is 23.8 Å². The monoisotopic (exact) mass is 260 g/mol. The summed E-state index contributed by atoms with van der Waals surface area (Å²) in [4.78, 5) is 13.7. The first kappa shape index (κ1) is 15.0. The molecular formula is C15H20N2O2. The van der Waals surface area contributed by atoms with E-state index in [0.29, 0.717) is 6.42 Å². The highest BCUT2D eigenvalue weighted by Crippen LogP contribution is 2.25. The molecular weight excluding hydrogens is 240 g/mol. The van der Waals surface area contributed by atoms with Gasteiger partial charge in [-0.1, -0.05) is 13.8 Å². The predicted octanol–water partition coefficient (Wildman–Crippen LogP) is 2.77. The van der Waals surface area contributed by atoms with Crippen LogP contribution >= 0.6 is 0 Å². The fourth-order valence-corrected chi connectivity index (χ4v) is 1.93. The number of anilines is 1. The molecule has 4 nitrogen and oxygen atoms in total. The lowest BCUT2D eigenvalue weighted by Crippen LogP contribution is -2.32. The van der Waals surface area contributed by atoms with E-state index in [0.717, 1.165) is 23.4 Å². The van der Waals surface area contributed by atoms with Crippen LogP contribution in [0.25, 0.3) is 0 Å². The summed E-state index contributed by atoms with van der Waals surface area (Å²) < 4.78 is 5.27. The number of rotatable bonds is 5. The van der Waals surface area contributed by atoms with Crippen LogP contribution in [0.15, 0.2) is 18.2 Å². The van der Waals surface area contributed by atoms with Crippen molar-refractivity contribution in [3.8, 4) is 11.8 Å². The maximum atomic E-state index is 12.1. The lowest BCUT2D eigenvalue weighted by molar-refractivity contribution is -0.120. The van der Waals surface area contributed by atoms with Crippen LogP contribution in [-0.2, 0) is 11.2 Å². The third kappa shape index (κ3) is 3.25. The van der Waals surface area contributed by atoms with Crippen LogP contribution in [0.4, 0.5) is 5.69 Å². The van der Waals surface area contributed by atoms with Gasteiger partial charge in [0.15, 0.2) is 0 Å². The summed E-state index contributed by atoms with van der Waals surface area (Å²) in [5, 5.41) is 8.96. The minimum Gasteiger partial charge on any atom is -0.496 e. The number of ether oxygens (including phenoxy) is 1. The molecule has 0 saturated carbocycles. The summed E-state index contributed by atoms with van der Waals surface area (Å²) in [6.07, 6.45) is 1.35. The molecule has 0 saturated heterocycles. The van der Waals surface area contributed by atoms with E-state index in [2.05, 4.69) is 0 Å². The van der Waals surface area contributed by atoms with E-state index >= 15 is 0 Å². The zero-order chi connectivity index (χ0) is 14.4. The Morgan fingerprint density at radius 1 is 1.47 bits per heavy atom. The molecule has 102 valence electrons. The van der Waals surface area contributed by atoms with Crippen molar-refractivity contribution < 1.29 is 9.53 Å². The molecule has 19 heavy (non-hydrogen) atoms. The van der Waals surface area contributed by atoms with Crippen LogP contribution in [-0.4, -0.2) is 20.1 Å². The minimum absolute atomic E-state index is 0.169. The van der Waals surface area contributed by atoms with E-state index in [1.54, 1.807) is 14.2 Å². The highest BCUT2D eigenvalue weighted by molar-refractivity contribution is 5.96. The van der Waals surface area contributed by atoms with Gasteiger partial charge in [-0.05, 0) is 36.6 Å². The van der Waals surface area contributed by atoms with Gasteiger partial charge in [0.25, 0.3) is 0 Å². The lowest BCUT2D eigenvalue weighted by Gasteiger charge is -2.21. The Labute approximate surface area is 114 Å². The van der Waals surface area contributed by atoms with Gasteiger partial charge < -0.3 is 9.64 Å². The summed E-state index contributed by atoms with van der Waals surface area (Å²) >= 11 is 0. The van der Waals surface area contributed by atoms with Gasteiger partial charge in [0.1, 0.15) is 11.7 Å². The second-order valence-electron chi connectivity index (χ2n) is 4.34. The highest BCUT2D eigenvalue weighted by Gasteiger charge is 2.21. The quantitative estimate of drug-likeness (QED) is 0.818. The van der Waals surface area contributed by atoms with Crippen LogP contribution in [0.1, 0.15) is 25.8 Å². The van der Waals surface area contributed by atoms with Gasteiger partial charge in [-0.2, -0.15) is 5.26 Å². The Kier molecular flexibility index (Phi) is 5.37. The number of amides is 1. The van der Waals surface area contributed by atoms with Crippen LogP contribution in [0, 0.1) is 17.2 Å². The van der Waals surface area contributed by atoms with Crippen molar-refractivity contribution in [3.63, 3.8) is 0 Å². The Balaban J connectivity index is 3.03. The first-order valence-corrected chi connectivity index (χ1v) is 6.43. The predicted molar refractivity (Wildman–Crippen MR) is 75.2 cm³/mol. The number of nitriles is 1. The molecule has 1 atom stereocenters. The zero-order valence-electron chi connectivity index (χ0n) is 11.9. The molecule has 1 aromatic rings. The molecule has 0 radical (unpaired) electrons. The van der Waals surface area contributed by atoms with E-state index in [4.69, 9.17) is 10.00 Å². The first-order valence-electron chi connectivity index (χ1n) is 6.43. The van der Waals surface area contributed by atoms with Gasteiger partial charge in [0.05, 0.1) is 13.2 Å². The third-order valence-electron chi connectivity index (χ3n) is 3.22. The van der Waals surface area contributed by atoms with E-state index in [1.165, 1.54) is 4.90 Å². The Bertz CT molecular complexity index is 491. The van der Waals surface area contributed by atoms with Gasteiger partial charge in [0, 0.05) is 12.7 Å². The normalized spacial score (nSPS) is 11.5. The molecule has 0 heterocycles. The number of carbonyl (C=O) groups is 1. The number of aryl methyl sites for hydroxylation is 1. The maximum absolute atomic E-state index is 12.1. The van der Waals surface area contributed by atoms with Crippen LogP contribution in [0.5, 0.6) is 5.75 Å². The molecule has 0 aromatic heterocycles. The first-order chi connectivity index (χ1) is 9.08. The van der Waals surface area contributed by atoms with Crippen molar-refractivity contribution in [2.75, 3.05) is 19.1 Å². The minimum atomic E-state index is -0.586. The topological polar surface area (TPSA) is 53.3 Å². The van der Waals surface area contributed by atoms with Gasteiger partial charge in [-0.25, -0.2) is 0 Å². The number of benzene rings is 1. The maximum Gasteiger partial charge on any atom is 0.244 e. The molecule has 0 N–H and O–H groups in total. The van der Waals surface area contributed by atoms with E-state index in [9.17, 15) is 4.79 Å². The average Bonchev–Trinajstić information content (AvgIpc) is 2.46. The van der Waals surface area contributed by atoms with Gasteiger partial charge in [-0.3, -0.25) is 4.79 Å².